The van der Waals surface area contributed by atoms with Gasteiger partial charge in [-0.15, -0.1) is 10.2 Å². The second kappa shape index (κ2) is 11.9. The molecule has 7 nitrogen and oxygen atoms in total. The third-order valence-corrected chi connectivity index (χ3v) is 6.64. The summed E-state index contributed by atoms with van der Waals surface area (Å²) >= 11 is 6.96. The monoisotopic (exact) mass is 577 g/mol. The summed E-state index contributed by atoms with van der Waals surface area (Å²) in [6.07, 6.45) is -4.60. The fraction of sp³-hybridized carbons (Fsp3) is 0.154. The average molecular weight is 578 g/mol. The summed E-state index contributed by atoms with van der Waals surface area (Å²) < 4.78 is 54.8. The highest BCUT2D eigenvalue weighted by Crippen LogP contribution is 2.34. The van der Waals surface area contributed by atoms with Gasteiger partial charge in [-0.25, -0.2) is 4.39 Å². The lowest BCUT2D eigenvalue weighted by Gasteiger charge is -2.13. The first-order chi connectivity index (χ1) is 18.5. The Balaban J connectivity index is 1.52. The molecule has 0 saturated carbocycles. The lowest BCUT2D eigenvalue weighted by Crippen LogP contribution is -2.25. The standard InChI is InChI=1S/C26H20ClF4N5O2S/c1-15-5-4-6-17(11-15)36-22(13-32-24(38)18-7-2-3-8-20(18)28)34-35-25(36)39-14-23(37)33-21-12-16(26(29,30)31)9-10-19(21)27/h2-12H,13-14H2,1H3,(H,32,38)(H,33,37). The lowest BCUT2D eigenvalue weighted by atomic mass is 10.2. The van der Waals surface area contributed by atoms with Crippen LogP contribution in [0.15, 0.2) is 71.9 Å². The summed E-state index contributed by atoms with van der Waals surface area (Å²) in [5, 5.41) is 13.5. The number of hydrogen-bond donors (Lipinski definition) is 2. The zero-order valence-corrected chi connectivity index (χ0v) is 21.8. The van der Waals surface area contributed by atoms with Gasteiger partial charge >= 0.3 is 6.18 Å². The number of rotatable bonds is 8. The quantitative estimate of drug-likeness (QED) is 0.197. The van der Waals surface area contributed by atoms with Gasteiger partial charge in [-0.2, -0.15) is 13.2 Å². The largest absolute Gasteiger partial charge is 0.416 e. The maximum Gasteiger partial charge on any atom is 0.416 e. The molecular weight excluding hydrogens is 558 g/mol. The number of halogens is 5. The van der Waals surface area contributed by atoms with Crippen LogP contribution in [0.1, 0.15) is 27.3 Å². The second-order valence-corrected chi connectivity index (χ2v) is 9.61. The van der Waals surface area contributed by atoms with E-state index in [9.17, 15) is 27.2 Å². The van der Waals surface area contributed by atoms with Gasteiger partial charge in [0.1, 0.15) is 5.82 Å². The van der Waals surface area contributed by atoms with E-state index in [2.05, 4.69) is 20.8 Å². The van der Waals surface area contributed by atoms with Crippen LogP contribution >= 0.6 is 23.4 Å². The summed E-state index contributed by atoms with van der Waals surface area (Å²) in [7, 11) is 0. The minimum atomic E-state index is -4.60. The number of alkyl halides is 3. The molecule has 1 heterocycles. The molecule has 0 fully saturated rings. The third kappa shape index (κ3) is 6.95. The Hall–Kier alpha value is -3.90. The van der Waals surface area contributed by atoms with E-state index in [0.29, 0.717) is 16.7 Å². The molecule has 39 heavy (non-hydrogen) atoms. The Kier molecular flexibility index (Phi) is 8.56. The highest BCUT2D eigenvalue weighted by Gasteiger charge is 2.31. The Morgan fingerprint density at radius 1 is 1.03 bits per heavy atom. The van der Waals surface area contributed by atoms with Crippen LogP contribution in [0.3, 0.4) is 0 Å². The molecule has 0 unspecified atom stereocenters. The number of benzene rings is 3. The van der Waals surface area contributed by atoms with Crippen molar-refractivity contribution >= 4 is 40.9 Å². The van der Waals surface area contributed by atoms with Gasteiger partial charge in [-0.3, -0.25) is 14.2 Å². The van der Waals surface area contributed by atoms with Crippen LogP contribution in [0.5, 0.6) is 0 Å². The molecule has 1 aromatic heterocycles. The van der Waals surface area contributed by atoms with E-state index in [4.69, 9.17) is 11.6 Å². The van der Waals surface area contributed by atoms with Gasteiger partial charge in [0, 0.05) is 5.69 Å². The van der Waals surface area contributed by atoms with Crippen molar-refractivity contribution in [1.82, 2.24) is 20.1 Å². The number of aromatic nitrogens is 3. The van der Waals surface area contributed by atoms with Crippen molar-refractivity contribution in [3.63, 3.8) is 0 Å². The topological polar surface area (TPSA) is 88.9 Å². The van der Waals surface area contributed by atoms with Gasteiger partial charge in [-0.05, 0) is 55.0 Å². The molecule has 0 saturated heterocycles. The normalized spacial score (nSPS) is 11.3. The van der Waals surface area contributed by atoms with Gasteiger partial charge in [0.25, 0.3) is 5.91 Å². The van der Waals surface area contributed by atoms with Crippen molar-refractivity contribution in [1.29, 1.82) is 0 Å². The Morgan fingerprint density at radius 2 is 1.79 bits per heavy atom. The summed E-state index contributed by atoms with van der Waals surface area (Å²) in [6.45, 7) is 1.78. The molecule has 0 atom stereocenters. The molecule has 2 amide bonds. The number of hydrogen-bond acceptors (Lipinski definition) is 5. The summed E-state index contributed by atoms with van der Waals surface area (Å²) in [5.41, 5.74) is 0.331. The minimum Gasteiger partial charge on any atom is -0.345 e. The minimum absolute atomic E-state index is 0.0443. The number of anilines is 1. The smallest absolute Gasteiger partial charge is 0.345 e. The predicted molar refractivity (Wildman–Crippen MR) is 139 cm³/mol. The number of nitrogens with zero attached hydrogens (tertiary/aromatic N) is 3. The Bertz CT molecular complexity index is 1530. The van der Waals surface area contributed by atoms with E-state index < -0.39 is 29.4 Å². The van der Waals surface area contributed by atoms with Gasteiger partial charge in [0.05, 0.1) is 34.1 Å². The highest BCUT2D eigenvalue weighted by atomic mass is 35.5. The zero-order chi connectivity index (χ0) is 28.2. The highest BCUT2D eigenvalue weighted by molar-refractivity contribution is 7.99. The summed E-state index contributed by atoms with van der Waals surface area (Å²) in [5.74, 6) is -1.83. The molecule has 4 aromatic rings. The predicted octanol–water partition coefficient (Wildman–Crippen LogP) is 6.05. The second-order valence-electron chi connectivity index (χ2n) is 8.26. The van der Waals surface area contributed by atoms with E-state index in [1.54, 1.807) is 16.7 Å². The molecule has 0 aliphatic carbocycles. The molecule has 0 aliphatic heterocycles. The van der Waals surface area contributed by atoms with Gasteiger partial charge < -0.3 is 10.6 Å². The average Bonchev–Trinajstić information content (AvgIpc) is 3.30. The van der Waals surface area contributed by atoms with Crippen molar-refractivity contribution in [2.75, 3.05) is 11.1 Å². The maximum absolute atomic E-state index is 14.0. The van der Waals surface area contributed by atoms with Crippen molar-refractivity contribution in [2.24, 2.45) is 0 Å². The third-order valence-electron chi connectivity index (χ3n) is 5.39. The van der Waals surface area contributed by atoms with Crippen molar-refractivity contribution < 1.29 is 27.2 Å². The van der Waals surface area contributed by atoms with Gasteiger partial charge in [0.15, 0.2) is 11.0 Å². The van der Waals surface area contributed by atoms with E-state index in [-0.39, 0.29) is 28.6 Å². The molecule has 3 aromatic carbocycles. The molecule has 0 aliphatic rings. The number of carbonyl (C=O) groups excluding carboxylic acids is 2. The number of aryl methyl sites for hydroxylation is 1. The van der Waals surface area contributed by atoms with E-state index in [1.807, 2.05) is 25.1 Å². The molecule has 2 N–H and O–H groups in total. The number of amides is 2. The van der Waals surface area contributed by atoms with Crippen LogP contribution in [0.25, 0.3) is 5.69 Å². The van der Waals surface area contributed by atoms with E-state index in [1.165, 1.54) is 18.2 Å². The Labute approximate surface area is 229 Å². The molecule has 4 rings (SSSR count). The fourth-order valence-corrected chi connectivity index (χ4v) is 4.48. The van der Waals surface area contributed by atoms with Gasteiger partial charge in [0.2, 0.25) is 5.91 Å². The zero-order valence-electron chi connectivity index (χ0n) is 20.2. The van der Waals surface area contributed by atoms with Crippen LogP contribution in [0.4, 0.5) is 23.2 Å². The number of nitrogens with one attached hydrogen (secondary N) is 2. The van der Waals surface area contributed by atoms with Crippen LogP contribution in [-0.2, 0) is 17.5 Å². The Morgan fingerprint density at radius 3 is 2.51 bits per heavy atom. The maximum atomic E-state index is 14.0. The van der Waals surface area contributed by atoms with Crippen LogP contribution < -0.4 is 10.6 Å². The first kappa shape index (κ1) is 28.1. The SMILES string of the molecule is Cc1cccc(-n2c(CNC(=O)c3ccccc3F)nnc2SCC(=O)Nc2cc(C(F)(F)F)ccc2Cl)c1. The van der Waals surface area contributed by atoms with E-state index in [0.717, 1.165) is 35.5 Å². The van der Waals surface area contributed by atoms with Crippen LogP contribution in [0.2, 0.25) is 5.02 Å². The molecule has 0 radical (unpaired) electrons. The molecule has 202 valence electrons. The summed E-state index contributed by atoms with van der Waals surface area (Å²) in [6, 6.07) is 15.5. The molecule has 13 heteroatoms. The molecule has 0 bridgehead atoms. The number of carbonyl (C=O) groups is 2. The number of thioether (sulfide) groups is 1. The van der Waals surface area contributed by atoms with Crippen LogP contribution in [-0.4, -0.2) is 32.3 Å². The lowest BCUT2D eigenvalue weighted by molar-refractivity contribution is -0.137. The van der Waals surface area contributed by atoms with Crippen molar-refractivity contribution in [3.05, 3.63) is 100 Å². The molecular formula is C26H20ClF4N5O2S. The van der Waals surface area contributed by atoms with Crippen LogP contribution in [0, 0.1) is 12.7 Å². The first-order valence-electron chi connectivity index (χ1n) is 11.4. The summed E-state index contributed by atoms with van der Waals surface area (Å²) in [4.78, 5) is 25.1. The molecule has 0 spiro atoms. The van der Waals surface area contributed by atoms with Crippen molar-refractivity contribution in [2.45, 2.75) is 24.8 Å². The van der Waals surface area contributed by atoms with Gasteiger partial charge in [-0.1, -0.05) is 47.6 Å². The van der Waals surface area contributed by atoms with Crippen molar-refractivity contribution in [3.8, 4) is 5.69 Å². The fourth-order valence-electron chi connectivity index (χ4n) is 3.55. The van der Waals surface area contributed by atoms with E-state index >= 15 is 0 Å². The first-order valence-corrected chi connectivity index (χ1v) is 12.7.